The molecule has 3 N–H and O–H groups in total. The molecule has 2 aromatic carbocycles. The highest BCUT2D eigenvalue weighted by Gasteiger charge is 2.15. The number of benzene rings is 2. The van der Waals surface area contributed by atoms with Crippen LogP contribution in [0.2, 0.25) is 0 Å². The van der Waals surface area contributed by atoms with E-state index in [-0.39, 0.29) is 11.7 Å². The lowest BCUT2D eigenvalue weighted by molar-refractivity contribution is -0.117. The predicted molar refractivity (Wildman–Crippen MR) is 73.1 cm³/mol. The molecule has 0 unspecified atom stereocenters. The van der Waals surface area contributed by atoms with Gasteiger partial charge in [0.25, 0.3) is 0 Å². The molecule has 1 atom stereocenters. The van der Waals surface area contributed by atoms with Crippen LogP contribution in [0.5, 0.6) is 0 Å². The molecule has 0 heterocycles. The fraction of sp³-hybridized carbons (Fsp3) is 0.133. The van der Waals surface area contributed by atoms with Gasteiger partial charge in [-0.3, -0.25) is 4.79 Å². The Morgan fingerprint density at radius 2 is 1.89 bits per heavy atom. The van der Waals surface area contributed by atoms with Crippen LogP contribution in [0.4, 0.5) is 10.1 Å². The number of hydrogen-bond donors (Lipinski definition) is 2. The molecule has 0 radical (unpaired) electrons. The number of hydrogen-bond acceptors (Lipinski definition) is 2. The van der Waals surface area contributed by atoms with E-state index in [4.69, 9.17) is 5.73 Å². The van der Waals surface area contributed by atoms with Crippen molar-refractivity contribution in [2.24, 2.45) is 5.73 Å². The van der Waals surface area contributed by atoms with Gasteiger partial charge < -0.3 is 11.1 Å². The second-order valence-corrected chi connectivity index (χ2v) is 4.34. The summed E-state index contributed by atoms with van der Waals surface area (Å²) in [5.74, 6) is -0.623. The summed E-state index contributed by atoms with van der Waals surface area (Å²) in [4.78, 5) is 12.0. The van der Waals surface area contributed by atoms with E-state index in [0.29, 0.717) is 11.3 Å². The monoisotopic (exact) mass is 258 g/mol. The Bertz CT molecular complexity index is 584. The lowest BCUT2D eigenvalue weighted by Gasteiger charge is -2.13. The number of carbonyl (C=O) groups is 1. The zero-order chi connectivity index (χ0) is 13.8. The predicted octanol–water partition coefficient (Wildman–Crippen LogP) is 2.77. The fourth-order valence-electron chi connectivity index (χ4n) is 1.75. The maximum absolute atomic E-state index is 13.1. The molecule has 98 valence electrons. The summed E-state index contributed by atoms with van der Waals surface area (Å²) in [5.41, 5.74) is 7.62. The van der Waals surface area contributed by atoms with Crippen LogP contribution in [0.25, 0.3) is 0 Å². The molecule has 3 nitrogen and oxygen atoms in total. The highest BCUT2D eigenvalue weighted by atomic mass is 19.1. The molecule has 4 heteroatoms. The second kappa shape index (κ2) is 5.63. The minimum atomic E-state index is -0.744. The van der Waals surface area contributed by atoms with Crippen molar-refractivity contribution in [2.45, 2.75) is 13.0 Å². The summed E-state index contributed by atoms with van der Waals surface area (Å²) in [6.45, 7) is 1.64. The van der Waals surface area contributed by atoms with Crippen LogP contribution in [-0.4, -0.2) is 5.91 Å². The Labute approximate surface area is 111 Å². The van der Waals surface area contributed by atoms with Gasteiger partial charge in [-0.25, -0.2) is 4.39 Å². The van der Waals surface area contributed by atoms with Gasteiger partial charge in [-0.05, 0) is 36.2 Å². The van der Waals surface area contributed by atoms with Crippen molar-refractivity contribution in [3.05, 3.63) is 65.5 Å². The first-order valence-electron chi connectivity index (χ1n) is 5.95. The lowest BCUT2D eigenvalue weighted by Crippen LogP contribution is -2.27. The zero-order valence-corrected chi connectivity index (χ0v) is 10.6. The molecule has 0 bridgehead atoms. The van der Waals surface area contributed by atoms with Crippen LogP contribution in [0, 0.1) is 12.7 Å². The lowest BCUT2D eigenvalue weighted by atomic mass is 10.1. The third kappa shape index (κ3) is 3.17. The van der Waals surface area contributed by atoms with Gasteiger partial charge in [0.1, 0.15) is 11.9 Å². The van der Waals surface area contributed by atoms with Gasteiger partial charge in [0.15, 0.2) is 0 Å². The molecule has 0 saturated carbocycles. The topological polar surface area (TPSA) is 55.1 Å². The van der Waals surface area contributed by atoms with Crippen molar-refractivity contribution in [1.29, 1.82) is 0 Å². The molecular formula is C15H15FN2O. The first-order valence-corrected chi connectivity index (χ1v) is 5.95. The van der Waals surface area contributed by atoms with Gasteiger partial charge >= 0.3 is 0 Å². The van der Waals surface area contributed by atoms with Gasteiger partial charge in [0, 0.05) is 5.69 Å². The summed E-state index contributed by atoms with van der Waals surface area (Å²) in [5, 5.41) is 2.68. The van der Waals surface area contributed by atoms with Gasteiger partial charge in [-0.2, -0.15) is 0 Å². The standard InChI is InChI=1S/C15H15FN2O/c1-10-9-12(7-8-13(10)16)18-15(19)14(17)11-5-3-2-4-6-11/h2-9,14H,17H2,1H3,(H,18,19)/t14-/m1/s1. The van der Waals surface area contributed by atoms with Gasteiger partial charge in [0.2, 0.25) is 5.91 Å². The van der Waals surface area contributed by atoms with Crippen LogP contribution in [-0.2, 0) is 4.79 Å². The van der Waals surface area contributed by atoms with Crippen molar-refractivity contribution in [2.75, 3.05) is 5.32 Å². The Hall–Kier alpha value is -2.20. The normalized spacial score (nSPS) is 11.9. The zero-order valence-electron chi connectivity index (χ0n) is 10.6. The Morgan fingerprint density at radius 3 is 2.53 bits per heavy atom. The maximum atomic E-state index is 13.1. The van der Waals surface area contributed by atoms with Crippen LogP contribution < -0.4 is 11.1 Å². The molecule has 1 amide bonds. The van der Waals surface area contributed by atoms with E-state index in [2.05, 4.69) is 5.32 Å². The SMILES string of the molecule is Cc1cc(NC(=O)[C@H](N)c2ccccc2)ccc1F. The number of anilines is 1. The second-order valence-electron chi connectivity index (χ2n) is 4.34. The Morgan fingerprint density at radius 1 is 1.21 bits per heavy atom. The van der Waals surface area contributed by atoms with E-state index >= 15 is 0 Å². The van der Waals surface area contributed by atoms with Crippen molar-refractivity contribution in [3.8, 4) is 0 Å². The van der Waals surface area contributed by atoms with Crippen LogP contribution in [0.1, 0.15) is 17.2 Å². The molecule has 19 heavy (non-hydrogen) atoms. The third-order valence-corrected chi connectivity index (χ3v) is 2.87. The molecular weight excluding hydrogens is 243 g/mol. The quantitative estimate of drug-likeness (QED) is 0.889. The molecule has 0 aliphatic rings. The number of rotatable bonds is 3. The molecule has 0 spiro atoms. The molecule has 0 aliphatic heterocycles. The summed E-state index contributed by atoms with van der Waals surface area (Å²) < 4.78 is 13.1. The van der Waals surface area contributed by atoms with Crippen molar-refractivity contribution < 1.29 is 9.18 Å². The Kier molecular flexibility index (Phi) is 3.92. The highest BCUT2D eigenvalue weighted by molar-refractivity contribution is 5.95. The number of aryl methyl sites for hydroxylation is 1. The summed E-state index contributed by atoms with van der Waals surface area (Å²) in [6, 6.07) is 12.8. The number of carbonyl (C=O) groups excluding carboxylic acids is 1. The number of amides is 1. The minimum Gasteiger partial charge on any atom is -0.324 e. The van der Waals surface area contributed by atoms with Crippen molar-refractivity contribution in [1.82, 2.24) is 0 Å². The van der Waals surface area contributed by atoms with Gasteiger partial charge in [0.05, 0.1) is 0 Å². The summed E-state index contributed by atoms with van der Waals surface area (Å²) >= 11 is 0. The van der Waals surface area contributed by atoms with Crippen molar-refractivity contribution >= 4 is 11.6 Å². The highest BCUT2D eigenvalue weighted by Crippen LogP contribution is 2.16. The minimum absolute atomic E-state index is 0.301. The molecule has 2 rings (SSSR count). The fourth-order valence-corrected chi connectivity index (χ4v) is 1.75. The van der Waals surface area contributed by atoms with Gasteiger partial charge in [-0.15, -0.1) is 0 Å². The first-order chi connectivity index (χ1) is 9.08. The van der Waals surface area contributed by atoms with Crippen LogP contribution >= 0.6 is 0 Å². The summed E-state index contributed by atoms with van der Waals surface area (Å²) in [7, 11) is 0. The number of halogens is 1. The van der Waals surface area contributed by atoms with E-state index in [1.807, 2.05) is 18.2 Å². The van der Waals surface area contributed by atoms with Crippen molar-refractivity contribution in [3.63, 3.8) is 0 Å². The molecule has 0 aromatic heterocycles. The Balaban J connectivity index is 2.10. The smallest absolute Gasteiger partial charge is 0.245 e. The van der Waals surface area contributed by atoms with Crippen LogP contribution in [0.3, 0.4) is 0 Å². The van der Waals surface area contributed by atoms with E-state index in [1.54, 1.807) is 25.1 Å². The van der Waals surface area contributed by atoms with Crippen LogP contribution in [0.15, 0.2) is 48.5 Å². The molecule has 0 aliphatic carbocycles. The third-order valence-electron chi connectivity index (χ3n) is 2.87. The maximum Gasteiger partial charge on any atom is 0.245 e. The number of nitrogens with one attached hydrogen (secondary N) is 1. The van der Waals surface area contributed by atoms with Gasteiger partial charge in [-0.1, -0.05) is 30.3 Å². The van der Waals surface area contributed by atoms with E-state index in [9.17, 15) is 9.18 Å². The first kappa shape index (κ1) is 13.2. The van der Waals surface area contributed by atoms with E-state index in [0.717, 1.165) is 5.56 Å². The van der Waals surface area contributed by atoms with E-state index in [1.165, 1.54) is 12.1 Å². The average Bonchev–Trinajstić information content (AvgIpc) is 2.43. The largest absolute Gasteiger partial charge is 0.324 e. The average molecular weight is 258 g/mol. The summed E-state index contributed by atoms with van der Waals surface area (Å²) in [6.07, 6.45) is 0. The molecule has 2 aromatic rings. The molecule has 0 fully saturated rings. The molecule has 0 saturated heterocycles. The number of nitrogens with two attached hydrogens (primary N) is 1. The van der Waals surface area contributed by atoms with E-state index < -0.39 is 6.04 Å².